The predicted molar refractivity (Wildman–Crippen MR) is 75.1 cm³/mol. The molecule has 8 heteroatoms. The fraction of sp³-hybridized carbons (Fsp3) is 0.538. The molecule has 21 heavy (non-hydrogen) atoms. The zero-order valence-corrected chi connectivity index (χ0v) is 12.6. The fourth-order valence-electron chi connectivity index (χ4n) is 1.49. The molecule has 0 saturated heterocycles. The Bertz CT molecular complexity index is 491. The molecular formula is C13H17F2NO4S. The Morgan fingerprint density at radius 3 is 2.76 bits per heavy atom. The molecule has 0 bridgehead atoms. The van der Waals surface area contributed by atoms with Gasteiger partial charge in [0.05, 0.1) is 25.2 Å². The van der Waals surface area contributed by atoms with Crippen molar-refractivity contribution in [3.05, 3.63) is 16.5 Å². The average molecular weight is 321 g/mol. The number of thiophene rings is 1. The summed E-state index contributed by atoms with van der Waals surface area (Å²) >= 11 is 1.25. The van der Waals surface area contributed by atoms with Crippen LogP contribution in [-0.2, 0) is 14.3 Å². The second-order valence-corrected chi connectivity index (χ2v) is 5.34. The van der Waals surface area contributed by atoms with Crippen LogP contribution in [0.3, 0.4) is 0 Å². The lowest BCUT2D eigenvalue weighted by Gasteiger charge is -2.06. The van der Waals surface area contributed by atoms with Gasteiger partial charge in [0.1, 0.15) is 11.6 Å². The number of nitrogens with one attached hydrogen (secondary N) is 1. The minimum absolute atomic E-state index is 0.0636. The number of carbonyl (C=O) groups is 2. The Labute approximate surface area is 125 Å². The van der Waals surface area contributed by atoms with E-state index in [9.17, 15) is 18.4 Å². The van der Waals surface area contributed by atoms with Gasteiger partial charge in [0.2, 0.25) is 5.91 Å². The van der Waals surface area contributed by atoms with Crippen molar-refractivity contribution >= 4 is 28.2 Å². The lowest BCUT2D eigenvalue weighted by atomic mass is 10.3. The number of rotatable bonds is 8. The van der Waals surface area contributed by atoms with E-state index in [1.165, 1.54) is 11.3 Å². The third-order valence-corrected chi connectivity index (χ3v) is 3.29. The molecule has 0 aliphatic rings. The van der Waals surface area contributed by atoms with E-state index in [-0.39, 0.29) is 19.6 Å². The van der Waals surface area contributed by atoms with Crippen LogP contribution in [0, 0.1) is 6.92 Å². The van der Waals surface area contributed by atoms with E-state index in [0.29, 0.717) is 10.6 Å². The molecular weight excluding hydrogens is 304 g/mol. The molecule has 118 valence electrons. The second kappa shape index (κ2) is 8.68. The van der Waals surface area contributed by atoms with Crippen LogP contribution in [0.25, 0.3) is 0 Å². The zero-order chi connectivity index (χ0) is 15.8. The number of amides is 1. The summed E-state index contributed by atoms with van der Waals surface area (Å²) in [5.41, 5.74) is 0.293. The van der Waals surface area contributed by atoms with Crippen LogP contribution in [0.1, 0.15) is 28.6 Å². The van der Waals surface area contributed by atoms with E-state index in [4.69, 9.17) is 4.74 Å². The maximum Gasteiger partial charge on any atom is 0.341 e. The van der Waals surface area contributed by atoms with Gasteiger partial charge in [0, 0.05) is 4.88 Å². The number of ether oxygens (including phenoxy) is 2. The van der Waals surface area contributed by atoms with Crippen molar-refractivity contribution in [3.8, 4) is 0 Å². The van der Waals surface area contributed by atoms with Crippen LogP contribution in [0.15, 0.2) is 6.07 Å². The monoisotopic (exact) mass is 321 g/mol. The molecule has 5 nitrogen and oxygen atoms in total. The van der Waals surface area contributed by atoms with Crippen molar-refractivity contribution in [3.63, 3.8) is 0 Å². The molecule has 0 aromatic carbocycles. The Hall–Kier alpha value is -1.54. The number of halogens is 2. The van der Waals surface area contributed by atoms with Gasteiger partial charge in [-0.2, -0.15) is 0 Å². The topological polar surface area (TPSA) is 64.6 Å². The molecule has 0 aliphatic carbocycles. The van der Waals surface area contributed by atoms with Gasteiger partial charge in [0.25, 0.3) is 6.43 Å². The van der Waals surface area contributed by atoms with Gasteiger partial charge in [-0.05, 0) is 19.9 Å². The standard InChI is InChI=1S/C13H17F2NO4S/c1-3-20-13(18)9-6-8(2)21-12(9)16-11(17)4-5-19-7-10(14)15/h6,10H,3-5,7H2,1-2H3,(H,16,17). The third-order valence-electron chi connectivity index (χ3n) is 2.32. The summed E-state index contributed by atoms with van der Waals surface area (Å²) in [5.74, 6) is -0.914. The molecule has 0 fully saturated rings. The Morgan fingerprint density at radius 2 is 2.14 bits per heavy atom. The highest BCUT2D eigenvalue weighted by molar-refractivity contribution is 7.16. The van der Waals surface area contributed by atoms with Gasteiger partial charge < -0.3 is 14.8 Å². The maximum atomic E-state index is 11.8. The van der Waals surface area contributed by atoms with Crippen molar-refractivity contribution in [2.24, 2.45) is 0 Å². The van der Waals surface area contributed by atoms with Crippen LogP contribution < -0.4 is 5.32 Å². The van der Waals surface area contributed by atoms with Crippen LogP contribution in [0.4, 0.5) is 13.8 Å². The summed E-state index contributed by atoms with van der Waals surface area (Å²) in [5, 5.41) is 2.96. The SMILES string of the molecule is CCOC(=O)c1cc(C)sc1NC(=O)CCOCC(F)F. The molecule has 0 radical (unpaired) electrons. The van der Waals surface area contributed by atoms with Crippen molar-refractivity contribution in [2.45, 2.75) is 26.7 Å². The van der Waals surface area contributed by atoms with Gasteiger partial charge in [-0.25, -0.2) is 13.6 Å². The molecule has 1 amide bonds. The van der Waals surface area contributed by atoms with Crippen molar-refractivity contribution in [2.75, 3.05) is 25.1 Å². The third kappa shape index (κ3) is 6.17. The lowest BCUT2D eigenvalue weighted by molar-refractivity contribution is -0.117. The minimum atomic E-state index is -2.55. The molecule has 0 atom stereocenters. The first-order chi connectivity index (χ1) is 9.93. The highest BCUT2D eigenvalue weighted by Gasteiger charge is 2.17. The largest absolute Gasteiger partial charge is 0.462 e. The number of alkyl halides is 2. The Morgan fingerprint density at radius 1 is 1.43 bits per heavy atom. The summed E-state index contributed by atoms with van der Waals surface area (Å²) in [7, 11) is 0. The zero-order valence-electron chi connectivity index (χ0n) is 11.8. The number of hydrogen-bond donors (Lipinski definition) is 1. The summed E-state index contributed by atoms with van der Waals surface area (Å²) in [4.78, 5) is 24.2. The quantitative estimate of drug-likeness (QED) is 0.591. The van der Waals surface area contributed by atoms with Crippen LogP contribution in [-0.4, -0.2) is 38.1 Å². The molecule has 0 unspecified atom stereocenters. The van der Waals surface area contributed by atoms with Crippen molar-refractivity contribution in [1.29, 1.82) is 0 Å². The van der Waals surface area contributed by atoms with E-state index in [1.54, 1.807) is 19.9 Å². The highest BCUT2D eigenvalue weighted by Crippen LogP contribution is 2.28. The first kappa shape index (κ1) is 17.5. The van der Waals surface area contributed by atoms with Gasteiger partial charge in [-0.15, -0.1) is 11.3 Å². The van der Waals surface area contributed by atoms with Crippen LogP contribution in [0.2, 0.25) is 0 Å². The predicted octanol–water partition coefficient (Wildman–Crippen LogP) is 2.84. The summed E-state index contributed by atoms with van der Waals surface area (Å²) in [6.07, 6.45) is -2.62. The molecule has 1 heterocycles. The maximum absolute atomic E-state index is 11.8. The van der Waals surface area contributed by atoms with Crippen LogP contribution in [0.5, 0.6) is 0 Å². The van der Waals surface area contributed by atoms with E-state index >= 15 is 0 Å². The number of hydrogen-bond acceptors (Lipinski definition) is 5. The highest BCUT2D eigenvalue weighted by atomic mass is 32.1. The normalized spacial score (nSPS) is 10.7. The van der Waals surface area contributed by atoms with E-state index in [2.05, 4.69) is 10.1 Å². The van der Waals surface area contributed by atoms with Crippen molar-refractivity contribution in [1.82, 2.24) is 0 Å². The molecule has 1 N–H and O–H groups in total. The number of esters is 1. The van der Waals surface area contributed by atoms with E-state index in [0.717, 1.165) is 4.88 Å². The van der Waals surface area contributed by atoms with E-state index < -0.39 is 24.9 Å². The average Bonchev–Trinajstić information content (AvgIpc) is 2.75. The molecule has 1 rings (SSSR count). The van der Waals surface area contributed by atoms with Gasteiger partial charge >= 0.3 is 5.97 Å². The van der Waals surface area contributed by atoms with Gasteiger partial charge in [-0.1, -0.05) is 0 Å². The Balaban J connectivity index is 2.54. The van der Waals surface area contributed by atoms with Crippen LogP contribution >= 0.6 is 11.3 Å². The molecule has 1 aromatic heterocycles. The Kier molecular flexibility index (Phi) is 7.24. The fourth-order valence-corrected chi connectivity index (χ4v) is 2.41. The number of aryl methyl sites for hydroxylation is 1. The molecule has 0 saturated carbocycles. The summed E-state index contributed by atoms with van der Waals surface area (Å²) < 4.78 is 33.2. The first-order valence-corrected chi connectivity index (χ1v) is 7.19. The number of anilines is 1. The summed E-state index contributed by atoms with van der Waals surface area (Å²) in [6.45, 7) is 2.93. The molecule has 0 aliphatic heterocycles. The number of carbonyl (C=O) groups excluding carboxylic acids is 2. The molecule has 0 spiro atoms. The molecule has 1 aromatic rings. The minimum Gasteiger partial charge on any atom is -0.462 e. The second-order valence-electron chi connectivity index (χ2n) is 4.08. The van der Waals surface area contributed by atoms with Gasteiger partial charge in [0.15, 0.2) is 0 Å². The summed E-state index contributed by atoms with van der Waals surface area (Å²) in [6, 6.07) is 1.63. The lowest BCUT2D eigenvalue weighted by Crippen LogP contribution is -2.17. The smallest absolute Gasteiger partial charge is 0.341 e. The first-order valence-electron chi connectivity index (χ1n) is 6.37. The van der Waals surface area contributed by atoms with Gasteiger partial charge in [-0.3, -0.25) is 4.79 Å². The van der Waals surface area contributed by atoms with E-state index in [1.807, 2.05) is 0 Å². The van der Waals surface area contributed by atoms with Crippen molar-refractivity contribution < 1.29 is 27.8 Å².